The number of rotatable bonds is 2. The van der Waals surface area contributed by atoms with E-state index in [0.29, 0.717) is 11.0 Å². The molecule has 23 heavy (non-hydrogen) atoms. The van der Waals surface area contributed by atoms with Gasteiger partial charge < -0.3 is 15.0 Å². The van der Waals surface area contributed by atoms with Crippen molar-refractivity contribution in [2.24, 2.45) is 0 Å². The molecule has 2 rings (SSSR count). The highest BCUT2D eigenvalue weighted by Gasteiger charge is 2.25. The Morgan fingerprint density at radius 2 is 2.04 bits per heavy atom. The first kappa shape index (κ1) is 19.6. The maximum Gasteiger partial charge on any atom is 0.410 e. The molecule has 1 fully saturated rings. The molecule has 0 atom stereocenters. The molecule has 1 N–H and O–H groups in total. The Bertz CT molecular complexity index is 503. The van der Waals surface area contributed by atoms with Crippen LogP contribution in [0.3, 0.4) is 0 Å². The van der Waals surface area contributed by atoms with Crippen LogP contribution in [0.1, 0.15) is 48.3 Å². The second kappa shape index (κ2) is 8.98. The molecule has 0 aliphatic carbocycles. The van der Waals surface area contributed by atoms with Crippen LogP contribution >= 0.6 is 11.3 Å². The molecule has 2 heterocycles. The van der Waals surface area contributed by atoms with E-state index >= 15 is 0 Å². The van der Waals surface area contributed by atoms with Gasteiger partial charge in [0, 0.05) is 30.2 Å². The fourth-order valence-corrected chi connectivity index (χ4v) is 2.69. The predicted molar refractivity (Wildman–Crippen MR) is 92.1 cm³/mol. The summed E-state index contributed by atoms with van der Waals surface area (Å²) in [5.41, 5.74) is -0.392. The van der Waals surface area contributed by atoms with Crippen molar-refractivity contribution in [3.63, 3.8) is 0 Å². The van der Waals surface area contributed by atoms with Gasteiger partial charge in [-0.3, -0.25) is 4.79 Å². The van der Waals surface area contributed by atoms with Gasteiger partial charge in [0.25, 0.3) is 0 Å². The van der Waals surface area contributed by atoms with Gasteiger partial charge >= 0.3 is 6.09 Å². The van der Waals surface area contributed by atoms with Gasteiger partial charge in [-0.25, -0.2) is 9.78 Å². The number of hydrogen-bond donors (Lipinski definition) is 1. The van der Waals surface area contributed by atoms with Crippen LogP contribution in [0.2, 0.25) is 0 Å². The monoisotopic (exact) mass is 341 g/mol. The zero-order valence-corrected chi connectivity index (χ0v) is 15.4. The van der Waals surface area contributed by atoms with Crippen LogP contribution in [-0.4, -0.2) is 54.0 Å². The molecular weight excluding hydrogens is 314 g/mol. The first-order valence-electron chi connectivity index (χ1n) is 7.78. The van der Waals surface area contributed by atoms with Crippen LogP contribution in [0.15, 0.2) is 6.20 Å². The molecular formula is C16H27N3O3S. The van der Waals surface area contributed by atoms with E-state index in [4.69, 9.17) is 4.74 Å². The van der Waals surface area contributed by atoms with E-state index in [1.165, 1.54) is 11.3 Å². The minimum Gasteiger partial charge on any atom is -0.444 e. The highest BCUT2D eigenvalue weighted by atomic mass is 32.1. The van der Waals surface area contributed by atoms with E-state index in [0.717, 1.165) is 37.1 Å². The zero-order chi connectivity index (χ0) is 17.5. The molecule has 1 aromatic rings. The summed E-state index contributed by atoms with van der Waals surface area (Å²) in [6.07, 6.45) is 4.29. The number of nitrogens with zero attached hydrogens (tertiary/aromatic N) is 2. The van der Waals surface area contributed by atoms with Crippen LogP contribution in [-0.2, 0) is 4.74 Å². The van der Waals surface area contributed by atoms with Crippen molar-refractivity contribution in [2.75, 3.05) is 20.1 Å². The fourth-order valence-electron chi connectivity index (χ4n) is 2.10. The lowest BCUT2D eigenvalue weighted by Crippen LogP contribution is -2.45. The van der Waals surface area contributed by atoms with Crippen molar-refractivity contribution in [2.45, 2.75) is 52.2 Å². The van der Waals surface area contributed by atoms with Crippen LogP contribution in [0.4, 0.5) is 4.79 Å². The highest BCUT2D eigenvalue weighted by Crippen LogP contribution is 2.15. The molecule has 0 unspecified atom stereocenters. The molecule has 0 spiro atoms. The van der Waals surface area contributed by atoms with Crippen LogP contribution < -0.4 is 5.32 Å². The number of aromatic nitrogens is 1. The quantitative estimate of drug-likeness (QED) is 0.838. The second-order valence-corrected chi connectivity index (χ2v) is 7.72. The van der Waals surface area contributed by atoms with Crippen LogP contribution in [0.25, 0.3) is 0 Å². The summed E-state index contributed by atoms with van der Waals surface area (Å²) in [7, 11) is 1.97. The molecule has 1 aromatic heterocycles. The molecule has 0 radical (unpaired) electrons. The van der Waals surface area contributed by atoms with Gasteiger partial charge in [0.2, 0.25) is 0 Å². The maximum absolute atomic E-state index is 11.7. The summed E-state index contributed by atoms with van der Waals surface area (Å²) >= 11 is 1.41. The third kappa shape index (κ3) is 7.56. The molecule has 1 aliphatic rings. The molecule has 1 amide bonds. The lowest BCUT2D eigenvalue weighted by Gasteiger charge is -2.33. The molecule has 1 saturated heterocycles. The van der Waals surface area contributed by atoms with Gasteiger partial charge in [-0.2, -0.15) is 0 Å². The summed E-state index contributed by atoms with van der Waals surface area (Å²) in [6, 6.07) is 0.545. The third-order valence-electron chi connectivity index (χ3n) is 3.29. The molecule has 130 valence electrons. The van der Waals surface area contributed by atoms with Crippen molar-refractivity contribution in [1.29, 1.82) is 0 Å². The fraction of sp³-hybridized carbons (Fsp3) is 0.688. The van der Waals surface area contributed by atoms with E-state index in [9.17, 15) is 9.59 Å². The number of piperidine rings is 1. The van der Waals surface area contributed by atoms with Gasteiger partial charge in [-0.15, -0.1) is 11.3 Å². The van der Waals surface area contributed by atoms with Gasteiger partial charge in [-0.1, -0.05) is 0 Å². The first-order chi connectivity index (χ1) is 10.7. The standard InChI is InChI=1S/C11H22N2O2.C5H5NOS/c1-11(2,3)15-10(14)13-7-5-9(12-4)6-8-13;1-4-2-6-5(3-7)8-4/h9,12H,5-8H2,1-4H3;2-3H,1H3. The maximum atomic E-state index is 11.7. The molecule has 0 bridgehead atoms. The predicted octanol–water partition coefficient (Wildman–Crippen LogP) is 2.87. The smallest absolute Gasteiger partial charge is 0.410 e. The first-order valence-corrected chi connectivity index (χ1v) is 8.59. The Labute approximate surface area is 142 Å². The molecule has 6 nitrogen and oxygen atoms in total. The molecule has 0 saturated carbocycles. The number of aryl methyl sites for hydroxylation is 1. The van der Waals surface area contributed by atoms with Gasteiger partial charge in [0.05, 0.1) is 0 Å². The number of hydrogen-bond acceptors (Lipinski definition) is 6. The lowest BCUT2D eigenvalue weighted by molar-refractivity contribution is 0.0200. The minimum atomic E-state index is -0.392. The SMILES string of the molecule is CNC1CCN(C(=O)OC(C)(C)C)CC1.Cc1cnc(C=O)s1. The highest BCUT2D eigenvalue weighted by molar-refractivity contribution is 7.13. The number of carbonyl (C=O) groups is 2. The number of carbonyl (C=O) groups excluding carboxylic acids is 2. The Morgan fingerprint density at radius 1 is 1.43 bits per heavy atom. The number of ether oxygens (including phenoxy) is 1. The van der Waals surface area contributed by atoms with E-state index in [2.05, 4.69) is 10.3 Å². The van der Waals surface area contributed by atoms with E-state index in [1.807, 2.05) is 34.7 Å². The number of amides is 1. The molecule has 1 aliphatic heterocycles. The average molecular weight is 341 g/mol. The van der Waals surface area contributed by atoms with Crippen LogP contribution in [0, 0.1) is 6.92 Å². The normalized spacial score (nSPS) is 15.6. The Hall–Kier alpha value is -1.47. The van der Waals surface area contributed by atoms with Gasteiger partial charge in [0.15, 0.2) is 11.3 Å². The Morgan fingerprint density at radius 3 is 2.39 bits per heavy atom. The van der Waals surface area contributed by atoms with E-state index in [1.54, 1.807) is 11.1 Å². The number of aldehydes is 1. The van der Waals surface area contributed by atoms with Gasteiger partial charge in [-0.05, 0) is 47.6 Å². The molecule has 7 heteroatoms. The third-order valence-corrected chi connectivity index (χ3v) is 4.13. The Kier molecular flexibility index (Phi) is 7.64. The molecule has 0 aromatic carbocycles. The second-order valence-electron chi connectivity index (χ2n) is 6.46. The number of thiazole rings is 1. The average Bonchev–Trinajstić information content (AvgIpc) is 2.92. The lowest BCUT2D eigenvalue weighted by atomic mass is 10.1. The topological polar surface area (TPSA) is 71.5 Å². The van der Waals surface area contributed by atoms with Crippen molar-refractivity contribution in [3.05, 3.63) is 16.1 Å². The van der Waals surface area contributed by atoms with Crippen molar-refractivity contribution >= 4 is 23.7 Å². The summed E-state index contributed by atoms with van der Waals surface area (Å²) < 4.78 is 5.31. The summed E-state index contributed by atoms with van der Waals surface area (Å²) in [5, 5.41) is 3.79. The van der Waals surface area contributed by atoms with Gasteiger partial charge in [0.1, 0.15) is 5.60 Å². The van der Waals surface area contributed by atoms with Crippen LogP contribution in [0.5, 0.6) is 0 Å². The number of nitrogens with one attached hydrogen (secondary N) is 1. The van der Waals surface area contributed by atoms with Crippen molar-refractivity contribution < 1.29 is 14.3 Å². The largest absolute Gasteiger partial charge is 0.444 e. The Balaban J connectivity index is 0.000000277. The van der Waals surface area contributed by atoms with E-state index in [-0.39, 0.29) is 6.09 Å². The summed E-state index contributed by atoms with van der Waals surface area (Å²) in [4.78, 5) is 28.3. The zero-order valence-electron chi connectivity index (χ0n) is 14.6. The van der Waals surface area contributed by atoms with Crippen molar-refractivity contribution in [1.82, 2.24) is 15.2 Å². The summed E-state index contributed by atoms with van der Waals surface area (Å²) in [6.45, 7) is 9.19. The van der Waals surface area contributed by atoms with Crippen molar-refractivity contribution in [3.8, 4) is 0 Å². The number of likely N-dealkylation sites (tertiary alicyclic amines) is 1. The summed E-state index contributed by atoms with van der Waals surface area (Å²) in [5.74, 6) is 0. The van der Waals surface area contributed by atoms with E-state index < -0.39 is 5.60 Å². The minimum absolute atomic E-state index is 0.183.